The van der Waals surface area contributed by atoms with Crippen molar-refractivity contribution in [3.05, 3.63) is 85.2 Å². The maximum Gasteiger partial charge on any atom is 0.297 e. The van der Waals surface area contributed by atoms with Crippen molar-refractivity contribution < 1.29 is 9.21 Å². The van der Waals surface area contributed by atoms with Gasteiger partial charge in [-0.15, -0.1) is 10.2 Å². The van der Waals surface area contributed by atoms with E-state index in [1.54, 1.807) is 4.90 Å². The molecule has 0 aliphatic carbocycles. The van der Waals surface area contributed by atoms with Gasteiger partial charge in [0.05, 0.1) is 17.0 Å². The van der Waals surface area contributed by atoms with E-state index in [1.807, 2.05) is 57.2 Å². The first-order valence-corrected chi connectivity index (χ1v) is 12.0. The summed E-state index contributed by atoms with van der Waals surface area (Å²) >= 11 is 1.37. The summed E-state index contributed by atoms with van der Waals surface area (Å²) in [5.74, 6) is 0.101. The van der Waals surface area contributed by atoms with Gasteiger partial charge >= 0.3 is 0 Å². The lowest BCUT2D eigenvalue weighted by Crippen LogP contribution is -2.29. The lowest BCUT2D eigenvalue weighted by molar-refractivity contribution is 0.0970. The van der Waals surface area contributed by atoms with Crippen LogP contribution in [0.4, 0.5) is 5.13 Å². The molecule has 1 amide bonds. The molecule has 0 saturated heterocycles. The first-order valence-electron chi connectivity index (χ1n) is 11.1. The van der Waals surface area contributed by atoms with Gasteiger partial charge in [0.15, 0.2) is 5.43 Å². The van der Waals surface area contributed by atoms with Gasteiger partial charge in [-0.25, -0.2) is 0 Å². The fraction of sp³-hybridized carbons (Fsp3) is 0.308. The average Bonchev–Trinajstić information content (AvgIpc) is 3.38. The molecule has 4 aromatic rings. The van der Waals surface area contributed by atoms with Crippen LogP contribution in [0, 0.1) is 13.8 Å². The van der Waals surface area contributed by atoms with Crippen molar-refractivity contribution in [2.24, 2.45) is 0 Å². The summed E-state index contributed by atoms with van der Waals surface area (Å²) in [5, 5.41) is 10.3. The van der Waals surface area contributed by atoms with E-state index in [2.05, 4.69) is 24.0 Å². The van der Waals surface area contributed by atoms with Gasteiger partial charge in [-0.3, -0.25) is 14.5 Å². The average molecular weight is 460 g/mol. The van der Waals surface area contributed by atoms with Crippen LogP contribution in [-0.2, 0) is 6.42 Å². The molecule has 0 N–H and O–H groups in total. The molecule has 33 heavy (non-hydrogen) atoms. The molecule has 0 fully saturated rings. The Morgan fingerprint density at radius 1 is 1.06 bits per heavy atom. The molecule has 0 bridgehead atoms. The van der Waals surface area contributed by atoms with Crippen LogP contribution in [0.15, 0.2) is 45.6 Å². The number of carbonyl (C=O) groups is 1. The first kappa shape index (κ1) is 21.5. The monoisotopic (exact) mass is 459 g/mol. The Balaban J connectivity index is 1.77. The third-order valence-corrected chi connectivity index (χ3v) is 7.44. The zero-order chi connectivity index (χ0) is 23.4. The molecule has 1 unspecified atom stereocenters. The standard InChI is InChI=1S/C26H25N3O3S/c1-6-20-27-28-26(33-20)29-22(17-9-7-16(8-10-17)13(2)3)21-23(30)18-11-14(4)15(5)12-19(18)32-24(21)25(29)31/h7-13,22H,6H2,1-5H3. The lowest BCUT2D eigenvalue weighted by atomic mass is 9.95. The molecular weight excluding hydrogens is 434 g/mol. The van der Waals surface area contributed by atoms with Crippen molar-refractivity contribution in [1.82, 2.24) is 10.2 Å². The number of benzene rings is 2. The molecule has 2 aromatic heterocycles. The summed E-state index contributed by atoms with van der Waals surface area (Å²) in [5.41, 5.74) is 4.66. The van der Waals surface area contributed by atoms with Crippen molar-refractivity contribution >= 4 is 33.3 Å². The van der Waals surface area contributed by atoms with E-state index in [9.17, 15) is 9.59 Å². The van der Waals surface area contributed by atoms with Crippen LogP contribution in [0.3, 0.4) is 0 Å². The number of rotatable bonds is 4. The summed E-state index contributed by atoms with van der Waals surface area (Å²) in [7, 11) is 0. The quantitative estimate of drug-likeness (QED) is 0.391. The van der Waals surface area contributed by atoms with Crippen molar-refractivity contribution in [1.29, 1.82) is 0 Å². The zero-order valence-corrected chi connectivity index (χ0v) is 20.1. The van der Waals surface area contributed by atoms with E-state index in [4.69, 9.17) is 4.42 Å². The molecule has 7 heteroatoms. The predicted molar refractivity (Wildman–Crippen MR) is 130 cm³/mol. The molecule has 2 aromatic carbocycles. The second kappa shape index (κ2) is 7.92. The normalized spacial score (nSPS) is 15.6. The van der Waals surface area contributed by atoms with Crippen molar-refractivity contribution in [3.8, 4) is 0 Å². The van der Waals surface area contributed by atoms with E-state index in [0.29, 0.717) is 27.6 Å². The second-order valence-corrected chi connectivity index (χ2v) is 9.88. The maximum absolute atomic E-state index is 13.8. The lowest BCUT2D eigenvalue weighted by Gasteiger charge is -2.22. The summed E-state index contributed by atoms with van der Waals surface area (Å²) < 4.78 is 6.10. The third-order valence-electron chi connectivity index (χ3n) is 6.37. The number of nitrogens with zero attached hydrogens (tertiary/aromatic N) is 3. The zero-order valence-electron chi connectivity index (χ0n) is 19.3. The third kappa shape index (κ3) is 3.38. The Bertz CT molecular complexity index is 1450. The van der Waals surface area contributed by atoms with Gasteiger partial charge in [0, 0.05) is 0 Å². The van der Waals surface area contributed by atoms with Crippen LogP contribution < -0.4 is 10.3 Å². The summed E-state index contributed by atoms with van der Waals surface area (Å²) in [6, 6.07) is 11.1. The van der Waals surface area contributed by atoms with Crippen LogP contribution in [-0.4, -0.2) is 16.1 Å². The van der Waals surface area contributed by atoms with Crippen LogP contribution in [0.2, 0.25) is 0 Å². The predicted octanol–water partition coefficient (Wildman–Crippen LogP) is 5.70. The fourth-order valence-electron chi connectivity index (χ4n) is 4.29. The van der Waals surface area contributed by atoms with Gasteiger partial charge in [-0.05, 0) is 60.6 Å². The SMILES string of the molecule is CCc1nnc(N2C(=O)c3oc4cc(C)c(C)cc4c(=O)c3C2c2ccc(C(C)C)cc2)s1. The highest BCUT2D eigenvalue weighted by Crippen LogP contribution is 2.42. The molecule has 0 spiro atoms. The number of aryl methyl sites for hydroxylation is 3. The van der Waals surface area contributed by atoms with E-state index in [0.717, 1.165) is 28.1 Å². The summed E-state index contributed by atoms with van der Waals surface area (Å²) in [4.78, 5) is 29.0. The number of anilines is 1. The highest BCUT2D eigenvalue weighted by atomic mass is 32.1. The number of carbonyl (C=O) groups excluding carboxylic acids is 1. The smallest absolute Gasteiger partial charge is 0.297 e. The van der Waals surface area contributed by atoms with Crippen molar-refractivity contribution in [3.63, 3.8) is 0 Å². The summed E-state index contributed by atoms with van der Waals surface area (Å²) in [6.45, 7) is 10.2. The molecule has 0 saturated carbocycles. The molecule has 5 rings (SSSR count). The van der Waals surface area contributed by atoms with E-state index in [1.165, 1.54) is 16.9 Å². The number of hydrogen-bond acceptors (Lipinski definition) is 6. The Labute approximate surface area is 195 Å². The number of amides is 1. The minimum absolute atomic E-state index is 0.0851. The van der Waals surface area contributed by atoms with Gasteiger partial charge in [-0.2, -0.15) is 0 Å². The molecule has 1 atom stereocenters. The molecule has 1 aliphatic rings. The highest BCUT2D eigenvalue weighted by molar-refractivity contribution is 7.15. The fourth-order valence-corrected chi connectivity index (χ4v) is 5.09. The van der Waals surface area contributed by atoms with Gasteiger partial charge in [0.1, 0.15) is 10.6 Å². The number of hydrogen-bond donors (Lipinski definition) is 0. The van der Waals surface area contributed by atoms with Gasteiger partial charge < -0.3 is 4.42 Å². The van der Waals surface area contributed by atoms with Crippen LogP contribution in [0.5, 0.6) is 0 Å². The number of fused-ring (bicyclic) bond motifs is 2. The minimum Gasteiger partial charge on any atom is -0.450 e. The van der Waals surface area contributed by atoms with E-state index >= 15 is 0 Å². The largest absolute Gasteiger partial charge is 0.450 e. The Kier molecular flexibility index (Phi) is 5.16. The molecule has 3 heterocycles. The van der Waals surface area contributed by atoms with Gasteiger partial charge in [0.25, 0.3) is 5.91 Å². The Morgan fingerprint density at radius 3 is 2.39 bits per heavy atom. The van der Waals surface area contributed by atoms with E-state index < -0.39 is 6.04 Å². The topological polar surface area (TPSA) is 76.3 Å². The maximum atomic E-state index is 13.8. The van der Waals surface area contributed by atoms with Crippen LogP contribution in [0.25, 0.3) is 11.0 Å². The number of aromatic nitrogens is 2. The van der Waals surface area contributed by atoms with Crippen molar-refractivity contribution in [2.45, 2.75) is 53.0 Å². The molecule has 168 valence electrons. The minimum atomic E-state index is -0.617. The van der Waals surface area contributed by atoms with Gasteiger partial charge in [-0.1, -0.05) is 56.4 Å². The van der Waals surface area contributed by atoms with Gasteiger partial charge in [0.2, 0.25) is 10.9 Å². The molecular formula is C26H25N3O3S. The summed E-state index contributed by atoms with van der Waals surface area (Å²) in [6.07, 6.45) is 0.722. The highest BCUT2D eigenvalue weighted by Gasteiger charge is 2.45. The van der Waals surface area contributed by atoms with E-state index in [-0.39, 0.29) is 17.1 Å². The second-order valence-electron chi connectivity index (χ2n) is 8.84. The molecule has 0 radical (unpaired) electrons. The van der Waals surface area contributed by atoms with Crippen LogP contribution >= 0.6 is 11.3 Å². The van der Waals surface area contributed by atoms with Crippen molar-refractivity contribution in [2.75, 3.05) is 4.90 Å². The first-order chi connectivity index (χ1) is 15.8. The Hall–Kier alpha value is -3.32. The van der Waals surface area contributed by atoms with Crippen LogP contribution in [0.1, 0.15) is 76.1 Å². The Morgan fingerprint density at radius 2 is 1.76 bits per heavy atom. The molecule has 6 nitrogen and oxygen atoms in total. The molecule has 1 aliphatic heterocycles.